The molecule has 0 aliphatic heterocycles. The Balaban J connectivity index is 4.96. The van der Waals surface area contributed by atoms with Crippen LogP contribution in [0.4, 0.5) is 0 Å². The Morgan fingerprint density at radius 1 is 1.06 bits per heavy atom. The Bertz CT molecular complexity index is 240. The van der Waals surface area contributed by atoms with Gasteiger partial charge in [-0.15, -0.1) is 0 Å². The number of allylic oxidation sites excluding steroid dienone is 1. The number of aliphatic carboxylic acids is 1. The van der Waals surface area contributed by atoms with Crippen LogP contribution in [-0.4, -0.2) is 29.1 Å². The van der Waals surface area contributed by atoms with E-state index in [1.165, 1.54) is 0 Å². The van der Waals surface area contributed by atoms with E-state index in [0.717, 1.165) is 44.5 Å². The third-order valence-electron chi connectivity index (χ3n) is 2.61. The zero-order valence-corrected chi connectivity index (χ0v) is 11.0. The number of carboxylic acid groups (broad SMARTS) is 1. The molecule has 0 spiro atoms. The van der Waals surface area contributed by atoms with Crippen LogP contribution < -0.4 is 0 Å². The van der Waals surface area contributed by atoms with Gasteiger partial charge in [0.05, 0.1) is 5.57 Å². The number of nitrogens with zero attached hydrogens (tertiary/aromatic N) is 1. The average molecular weight is 227 g/mol. The van der Waals surface area contributed by atoms with E-state index in [1.54, 1.807) is 6.92 Å². The van der Waals surface area contributed by atoms with Crippen molar-refractivity contribution in [1.29, 1.82) is 0 Å². The molecule has 16 heavy (non-hydrogen) atoms. The van der Waals surface area contributed by atoms with Crippen molar-refractivity contribution in [2.24, 2.45) is 0 Å². The molecule has 3 nitrogen and oxygen atoms in total. The Hall–Kier alpha value is -0.990. The zero-order valence-electron chi connectivity index (χ0n) is 11.0. The molecule has 0 atom stereocenters. The van der Waals surface area contributed by atoms with Crippen LogP contribution in [0.2, 0.25) is 0 Å². The van der Waals surface area contributed by atoms with Crippen LogP contribution in [0.15, 0.2) is 11.3 Å². The lowest BCUT2D eigenvalue weighted by molar-refractivity contribution is -0.132. The standard InChI is InChI=1S/C13H25NO2/c1-5-8-12(11(4)13(15)16)14(9-6-2)10-7-3/h5-10H2,1-4H3,(H,15,16)/b12-11+. The summed E-state index contributed by atoms with van der Waals surface area (Å²) in [5.41, 5.74) is 1.52. The van der Waals surface area contributed by atoms with Crippen molar-refractivity contribution in [2.45, 2.75) is 53.4 Å². The molecule has 0 unspecified atom stereocenters. The van der Waals surface area contributed by atoms with E-state index in [4.69, 9.17) is 5.11 Å². The van der Waals surface area contributed by atoms with Crippen LogP contribution in [0.3, 0.4) is 0 Å². The van der Waals surface area contributed by atoms with Gasteiger partial charge in [-0.3, -0.25) is 0 Å². The van der Waals surface area contributed by atoms with Crippen LogP contribution in [0.25, 0.3) is 0 Å². The highest BCUT2D eigenvalue weighted by molar-refractivity contribution is 5.86. The first kappa shape index (κ1) is 15.0. The second kappa shape index (κ2) is 8.20. The monoisotopic (exact) mass is 227 g/mol. The highest BCUT2D eigenvalue weighted by Crippen LogP contribution is 2.17. The maximum atomic E-state index is 11.0. The molecule has 0 fully saturated rings. The van der Waals surface area contributed by atoms with Crippen LogP contribution in [0.1, 0.15) is 53.4 Å². The summed E-state index contributed by atoms with van der Waals surface area (Å²) in [6.07, 6.45) is 3.96. The molecule has 0 aromatic heterocycles. The Kier molecular flexibility index (Phi) is 7.69. The van der Waals surface area contributed by atoms with Crippen molar-refractivity contribution >= 4 is 5.97 Å². The van der Waals surface area contributed by atoms with Gasteiger partial charge >= 0.3 is 5.97 Å². The number of hydrogen-bond acceptors (Lipinski definition) is 2. The van der Waals surface area contributed by atoms with Gasteiger partial charge in [0.1, 0.15) is 0 Å². The third kappa shape index (κ3) is 4.69. The molecular weight excluding hydrogens is 202 g/mol. The van der Waals surface area contributed by atoms with Gasteiger partial charge in [-0.25, -0.2) is 4.79 Å². The van der Waals surface area contributed by atoms with Crippen LogP contribution in [-0.2, 0) is 4.79 Å². The van der Waals surface area contributed by atoms with Gasteiger partial charge in [0.25, 0.3) is 0 Å². The summed E-state index contributed by atoms with van der Waals surface area (Å²) >= 11 is 0. The van der Waals surface area contributed by atoms with Crippen molar-refractivity contribution in [3.8, 4) is 0 Å². The lowest BCUT2D eigenvalue weighted by Gasteiger charge is -2.28. The SMILES string of the molecule is CCC/C(=C(/C)C(=O)O)N(CCC)CCC. The van der Waals surface area contributed by atoms with Gasteiger partial charge in [0, 0.05) is 18.8 Å². The van der Waals surface area contributed by atoms with Crippen molar-refractivity contribution in [3.05, 3.63) is 11.3 Å². The summed E-state index contributed by atoms with van der Waals surface area (Å²) in [4.78, 5) is 13.3. The molecule has 3 heteroatoms. The smallest absolute Gasteiger partial charge is 0.333 e. The predicted molar refractivity (Wildman–Crippen MR) is 67.4 cm³/mol. The molecule has 0 aliphatic carbocycles. The van der Waals surface area contributed by atoms with E-state index in [2.05, 4.69) is 25.7 Å². The van der Waals surface area contributed by atoms with Crippen molar-refractivity contribution in [2.75, 3.05) is 13.1 Å². The lowest BCUT2D eigenvalue weighted by atomic mass is 10.1. The normalized spacial score (nSPS) is 12.2. The molecule has 0 aliphatic rings. The molecule has 0 rings (SSSR count). The van der Waals surface area contributed by atoms with E-state index in [-0.39, 0.29) is 0 Å². The van der Waals surface area contributed by atoms with E-state index in [9.17, 15) is 4.79 Å². The zero-order chi connectivity index (χ0) is 12.6. The minimum absolute atomic E-state index is 0.503. The fourth-order valence-corrected chi connectivity index (χ4v) is 1.86. The van der Waals surface area contributed by atoms with E-state index < -0.39 is 5.97 Å². The second-order valence-electron chi connectivity index (χ2n) is 4.11. The van der Waals surface area contributed by atoms with E-state index in [0.29, 0.717) is 5.57 Å². The number of carboxylic acids is 1. The third-order valence-corrected chi connectivity index (χ3v) is 2.61. The van der Waals surface area contributed by atoms with Crippen LogP contribution in [0, 0.1) is 0 Å². The topological polar surface area (TPSA) is 40.5 Å². The second-order valence-corrected chi connectivity index (χ2v) is 4.11. The molecule has 0 amide bonds. The molecule has 94 valence electrons. The number of carbonyl (C=O) groups is 1. The van der Waals surface area contributed by atoms with Crippen molar-refractivity contribution in [3.63, 3.8) is 0 Å². The highest BCUT2D eigenvalue weighted by atomic mass is 16.4. The lowest BCUT2D eigenvalue weighted by Crippen LogP contribution is -2.27. The molecule has 0 bridgehead atoms. The molecule has 0 saturated heterocycles. The van der Waals surface area contributed by atoms with Crippen molar-refractivity contribution in [1.82, 2.24) is 4.90 Å². The largest absolute Gasteiger partial charge is 0.478 e. The summed E-state index contributed by atoms with van der Waals surface area (Å²) in [5.74, 6) is -0.791. The van der Waals surface area contributed by atoms with Gasteiger partial charge in [0.2, 0.25) is 0 Å². The van der Waals surface area contributed by atoms with Gasteiger partial charge in [-0.1, -0.05) is 27.2 Å². The molecule has 0 aromatic carbocycles. The van der Waals surface area contributed by atoms with E-state index in [1.807, 2.05) is 0 Å². The molecular formula is C13H25NO2. The number of hydrogen-bond donors (Lipinski definition) is 1. The minimum atomic E-state index is -0.791. The quantitative estimate of drug-likeness (QED) is 0.647. The Morgan fingerprint density at radius 3 is 1.88 bits per heavy atom. The fourth-order valence-electron chi connectivity index (χ4n) is 1.86. The average Bonchev–Trinajstić information content (AvgIpc) is 2.24. The summed E-state index contributed by atoms with van der Waals surface area (Å²) in [5, 5.41) is 9.08. The first-order chi connectivity index (χ1) is 7.58. The predicted octanol–water partition coefficient (Wildman–Crippen LogP) is 3.27. The van der Waals surface area contributed by atoms with Crippen LogP contribution in [0.5, 0.6) is 0 Å². The first-order valence-electron chi connectivity index (χ1n) is 6.26. The van der Waals surface area contributed by atoms with Gasteiger partial charge in [-0.05, 0) is 26.2 Å². The summed E-state index contributed by atoms with van der Waals surface area (Å²) in [6.45, 7) is 9.96. The highest BCUT2D eigenvalue weighted by Gasteiger charge is 2.14. The molecule has 0 aromatic rings. The van der Waals surface area contributed by atoms with Gasteiger partial charge in [0.15, 0.2) is 0 Å². The fraction of sp³-hybridized carbons (Fsp3) is 0.769. The first-order valence-corrected chi connectivity index (χ1v) is 6.26. The number of rotatable bonds is 8. The maximum Gasteiger partial charge on any atom is 0.333 e. The summed E-state index contributed by atoms with van der Waals surface area (Å²) in [6, 6.07) is 0. The Labute approximate surface area is 99.1 Å². The van der Waals surface area contributed by atoms with Crippen molar-refractivity contribution < 1.29 is 9.90 Å². The Morgan fingerprint density at radius 2 is 1.56 bits per heavy atom. The maximum absolute atomic E-state index is 11.0. The minimum Gasteiger partial charge on any atom is -0.478 e. The van der Waals surface area contributed by atoms with Crippen LogP contribution >= 0.6 is 0 Å². The summed E-state index contributed by atoms with van der Waals surface area (Å²) in [7, 11) is 0. The van der Waals surface area contributed by atoms with E-state index >= 15 is 0 Å². The van der Waals surface area contributed by atoms with Gasteiger partial charge in [-0.2, -0.15) is 0 Å². The molecule has 0 saturated carbocycles. The summed E-state index contributed by atoms with van der Waals surface area (Å²) < 4.78 is 0. The van der Waals surface area contributed by atoms with Gasteiger partial charge < -0.3 is 10.0 Å². The molecule has 0 radical (unpaired) electrons. The molecule has 0 heterocycles. The molecule has 1 N–H and O–H groups in total.